The lowest BCUT2D eigenvalue weighted by molar-refractivity contribution is -0.138. The molecule has 0 aliphatic rings. The molecule has 204 valence electrons. The van der Waals surface area contributed by atoms with Crippen molar-refractivity contribution >= 4 is 27.2 Å². The molecule has 2 rings (SSSR count). The second kappa shape index (κ2) is 13.7. The molecule has 1 unspecified atom stereocenters. The molecule has 1 aromatic heterocycles. The quantitative estimate of drug-likeness (QED) is 0.206. The molecule has 0 spiro atoms. The van der Waals surface area contributed by atoms with Crippen molar-refractivity contribution in [1.29, 1.82) is 5.26 Å². The molecule has 0 saturated carbocycles. The van der Waals surface area contributed by atoms with Crippen LogP contribution >= 0.6 is 0 Å². The molecule has 1 N–H and O–H groups in total. The van der Waals surface area contributed by atoms with Crippen LogP contribution in [0, 0.1) is 24.2 Å². The number of nitrogens with zero attached hydrogens (tertiary/aromatic N) is 4. The minimum Gasteiger partial charge on any atom is -0.493 e. The molecule has 0 aliphatic heterocycles. The maximum Gasteiger partial charge on any atom is 0.333 e. The number of pyridine rings is 1. The number of sulfone groups is 1. The largest absolute Gasteiger partial charge is 0.493 e. The van der Waals surface area contributed by atoms with Gasteiger partial charge >= 0.3 is 5.97 Å². The number of unbranched alkanes of at least 4 members (excludes halogenated alkanes) is 1. The fraction of sp³-hybridized carbons (Fsp3) is 0.444. The SMILES string of the molecule is C=C(C)C(=O)OCCS(=O)(=O)c1ccc(N=Nc2c(C)c(C#N)c(O)n(CC(CC)CCCC)c2=O)cc1. The van der Waals surface area contributed by atoms with Crippen LogP contribution in [0.4, 0.5) is 11.4 Å². The zero-order chi connectivity index (χ0) is 28.5. The summed E-state index contributed by atoms with van der Waals surface area (Å²) in [6.07, 6.45) is 3.70. The summed E-state index contributed by atoms with van der Waals surface area (Å²) in [5.74, 6) is -1.29. The number of carbonyl (C=O) groups is 1. The molecule has 1 aromatic carbocycles. The molecule has 38 heavy (non-hydrogen) atoms. The maximum absolute atomic E-state index is 13.2. The van der Waals surface area contributed by atoms with Crippen molar-refractivity contribution in [2.45, 2.75) is 64.8 Å². The predicted octanol–water partition coefficient (Wildman–Crippen LogP) is 5.26. The molecule has 1 atom stereocenters. The predicted molar refractivity (Wildman–Crippen MR) is 144 cm³/mol. The van der Waals surface area contributed by atoms with Crippen LogP contribution in [0.1, 0.15) is 57.6 Å². The smallest absolute Gasteiger partial charge is 0.333 e. The van der Waals surface area contributed by atoms with Crippen molar-refractivity contribution in [1.82, 2.24) is 4.57 Å². The monoisotopic (exact) mass is 542 g/mol. The van der Waals surface area contributed by atoms with Crippen LogP contribution in [0.3, 0.4) is 0 Å². The van der Waals surface area contributed by atoms with Crippen LogP contribution in [0.15, 0.2) is 56.3 Å². The molecule has 11 heteroatoms. The van der Waals surface area contributed by atoms with Gasteiger partial charge in [-0.1, -0.05) is 39.7 Å². The Morgan fingerprint density at radius 1 is 1.24 bits per heavy atom. The van der Waals surface area contributed by atoms with Gasteiger partial charge in [0.05, 0.1) is 16.3 Å². The van der Waals surface area contributed by atoms with E-state index in [-0.39, 0.29) is 57.9 Å². The van der Waals surface area contributed by atoms with E-state index in [2.05, 4.69) is 23.7 Å². The number of benzene rings is 1. The van der Waals surface area contributed by atoms with E-state index < -0.39 is 27.1 Å². The highest BCUT2D eigenvalue weighted by Crippen LogP contribution is 2.28. The lowest BCUT2D eigenvalue weighted by Crippen LogP contribution is -2.25. The van der Waals surface area contributed by atoms with Crippen molar-refractivity contribution in [3.63, 3.8) is 0 Å². The van der Waals surface area contributed by atoms with Gasteiger partial charge in [-0.05, 0) is 50.5 Å². The first-order valence-corrected chi connectivity index (χ1v) is 14.1. The third kappa shape index (κ3) is 7.61. The molecule has 0 saturated heterocycles. The molecule has 2 aromatic rings. The maximum atomic E-state index is 13.2. The van der Waals surface area contributed by atoms with Gasteiger partial charge < -0.3 is 9.84 Å². The highest BCUT2D eigenvalue weighted by atomic mass is 32.2. The van der Waals surface area contributed by atoms with E-state index in [1.54, 1.807) is 0 Å². The molecular formula is C27H34N4O6S. The molecule has 1 heterocycles. The summed E-state index contributed by atoms with van der Waals surface area (Å²) in [6, 6.07) is 7.47. The van der Waals surface area contributed by atoms with Gasteiger partial charge in [-0.15, -0.1) is 5.11 Å². The Balaban J connectivity index is 2.31. The summed E-state index contributed by atoms with van der Waals surface area (Å²) >= 11 is 0. The Hall–Kier alpha value is -3.78. The number of rotatable bonds is 13. The van der Waals surface area contributed by atoms with Crippen molar-refractivity contribution < 1.29 is 23.1 Å². The Bertz CT molecular complexity index is 1400. The number of ether oxygens (including phenoxy) is 1. The molecule has 0 fully saturated rings. The molecule has 0 aliphatic carbocycles. The fourth-order valence-electron chi connectivity index (χ4n) is 3.71. The number of azo groups is 1. The number of aromatic nitrogens is 1. The number of aromatic hydroxyl groups is 1. The molecular weight excluding hydrogens is 508 g/mol. The number of esters is 1. The Morgan fingerprint density at radius 3 is 2.45 bits per heavy atom. The van der Waals surface area contributed by atoms with Crippen molar-refractivity contribution in [2.24, 2.45) is 16.1 Å². The van der Waals surface area contributed by atoms with Gasteiger partial charge in [-0.3, -0.25) is 9.36 Å². The minimum absolute atomic E-state index is 0.00967. The second-order valence-corrected chi connectivity index (χ2v) is 11.2. The zero-order valence-electron chi connectivity index (χ0n) is 22.2. The third-order valence-corrected chi connectivity index (χ3v) is 7.84. The molecule has 0 bridgehead atoms. The van der Waals surface area contributed by atoms with Crippen LogP contribution in [0.5, 0.6) is 5.88 Å². The average molecular weight is 543 g/mol. The summed E-state index contributed by atoms with van der Waals surface area (Å²) in [5.41, 5.74) is -0.00000427. The van der Waals surface area contributed by atoms with Gasteiger partial charge in [0.25, 0.3) is 5.56 Å². The lowest BCUT2D eigenvalue weighted by atomic mass is 9.99. The van der Waals surface area contributed by atoms with Gasteiger partial charge in [0, 0.05) is 17.7 Å². The summed E-state index contributed by atoms with van der Waals surface area (Å²) in [7, 11) is -3.72. The van der Waals surface area contributed by atoms with E-state index in [1.165, 1.54) is 42.7 Å². The van der Waals surface area contributed by atoms with Crippen LogP contribution in [0.25, 0.3) is 0 Å². The number of hydrogen-bond donors (Lipinski definition) is 1. The van der Waals surface area contributed by atoms with Gasteiger partial charge in [-0.25, -0.2) is 13.2 Å². The number of carbonyl (C=O) groups excluding carboxylic acids is 1. The van der Waals surface area contributed by atoms with Gasteiger partial charge in [0.15, 0.2) is 15.5 Å². The fourth-order valence-corrected chi connectivity index (χ4v) is 4.80. The highest BCUT2D eigenvalue weighted by Gasteiger charge is 2.21. The Kier molecular flexibility index (Phi) is 11.0. The van der Waals surface area contributed by atoms with E-state index >= 15 is 0 Å². The Labute approximate surface area is 223 Å². The van der Waals surface area contributed by atoms with Gasteiger partial charge in [-0.2, -0.15) is 10.4 Å². The van der Waals surface area contributed by atoms with E-state index in [1.807, 2.05) is 13.0 Å². The zero-order valence-corrected chi connectivity index (χ0v) is 23.0. The van der Waals surface area contributed by atoms with Crippen LogP contribution in [0.2, 0.25) is 0 Å². The topological polar surface area (TPSA) is 151 Å². The average Bonchev–Trinajstić information content (AvgIpc) is 2.88. The first-order chi connectivity index (χ1) is 18.0. The summed E-state index contributed by atoms with van der Waals surface area (Å²) in [6.45, 7) is 10.5. The summed E-state index contributed by atoms with van der Waals surface area (Å²) in [4.78, 5) is 24.7. The summed E-state index contributed by atoms with van der Waals surface area (Å²) in [5, 5.41) is 28.4. The first kappa shape index (κ1) is 30.4. The number of hydrogen-bond acceptors (Lipinski definition) is 9. The molecule has 0 amide bonds. The highest BCUT2D eigenvalue weighted by molar-refractivity contribution is 7.91. The third-order valence-electron chi connectivity index (χ3n) is 6.15. The van der Waals surface area contributed by atoms with Crippen LogP contribution in [-0.4, -0.2) is 36.4 Å². The number of nitriles is 1. The lowest BCUT2D eigenvalue weighted by Gasteiger charge is -2.19. The van der Waals surface area contributed by atoms with Gasteiger partial charge in [0.2, 0.25) is 5.88 Å². The van der Waals surface area contributed by atoms with Crippen molar-refractivity contribution in [2.75, 3.05) is 12.4 Å². The van der Waals surface area contributed by atoms with Crippen LogP contribution < -0.4 is 5.56 Å². The van der Waals surface area contributed by atoms with Crippen molar-refractivity contribution in [3.05, 3.63) is 57.9 Å². The molecule has 10 nitrogen and oxygen atoms in total. The van der Waals surface area contributed by atoms with E-state index in [0.717, 1.165) is 25.7 Å². The standard InChI is InChI=1S/C27H34N4O6S/c1-6-8-9-20(7-2)17-31-25(32)23(16-28)19(5)24(26(31)33)30-29-21-10-12-22(13-11-21)38(35,36)15-14-37-27(34)18(3)4/h10-13,20,32H,3,6-9,14-15,17H2,1-2,4-5H3. The summed E-state index contributed by atoms with van der Waals surface area (Å²) < 4.78 is 31.1. The van der Waals surface area contributed by atoms with E-state index in [4.69, 9.17) is 4.74 Å². The molecule has 0 radical (unpaired) electrons. The first-order valence-electron chi connectivity index (χ1n) is 12.4. The van der Waals surface area contributed by atoms with Crippen molar-refractivity contribution in [3.8, 4) is 11.9 Å². The Morgan fingerprint density at radius 2 is 1.89 bits per heavy atom. The van der Waals surface area contributed by atoms with E-state index in [9.17, 15) is 28.4 Å². The normalized spacial score (nSPS) is 12.3. The second-order valence-electron chi connectivity index (χ2n) is 9.05. The van der Waals surface area contributed by atoms with Crippen LogP contribution in [-0.2, 0) is 25.9 Å². The van der Waals surface area contributed by atoms with E-state index in [0.29, 0.717) is 0 Å². The van der Waals surface area contributed by atoms with Gasteiger partial charge in [0.1, 0.15) is 18.2 Å². The minimum atomic E-state index is -3.72.